The lowest BCUT2D eigenvalue weighted by Gasteiger charge is -2.39. The highest BCUT2D eigenvalue weighted by Crippen LogP contribution is 2.31. The van der Waals surface area contributed by atoms with E-state index in [-0.39, 0.29) is 18.5 Å². The van der Waals surface area contributed by atoms with E-state index in [4.69, 9.17) is 16.4 Å². The third-order valence-corrected chi connectivity index (χ3v) is 5.53. The predicted octanol–water partition coefficient (Wildman–Crippen LogP) is 2.70. The van der Waals surface area contributed by atoms with Gasteiger partial charge in [-0.05, 0) is 49.9 Å². The summed E-state index contributed by atoms with van der Waals surface area (Å²) in [4.78, 5) is 14.4. The Morgan fingerprint density at radius 1 is 1.18 bits per heavy atom. The van der Waals surface area contributed by atoms with Gasteiger partial charge in [-0.25, -0.2) is 0 Å². The second-order valence-corrected chi connectivity index (χ2v) is 7.35. The monoisotopic (exact) mass is 376 g/mol. The van der Waals surface area contributed by atoms with E-state index in [2.05, 4.69) is 23.4 Å². The molecule has 0 bridgehead atoms. The number of nitrogens with zero attached hydrogens (tertiary/aromatic N) is 3. The van der Waals surface area contributed by atoms with E-state index in [1.165, 1.54) is 4.90 Å². The first-order valence-electron chi connectivity index (χ1n) is 9.72. The number of nitrogens with one attached hydrogen (secondary N) is 1. The fourth-order valence-electron chi connectivity index (χ4n) is 4.04. The van der Waals surface area contributed by atoms with Gasteiger partial charge in [0.05, 0.1) is 30.3 Å². The Bertz CT molecular complexity index is 800. The van der Waals surface area contributed by atoms with Crippen molar-refractivity contribution in [2.75, 3.05) is 6.54 Å². The van der Waals surface area contributed by atoms with Crippen molar-refractivity contribution in [2.24, 2.45) is 0 Å². The van der Waals surface area contributed by atoms with Crippen molar-refractivity contribution >= 4 is 5.91 Å². The molecule has 144 valence electrons. The fourth-order valence-corrected chi connectivity index (χ4v) is 4.04. The van der Waals surface area contributed by atoms with Gasteiger partial charge in [-0.15, -0.1) is 6.42 Å². The quantitative estimate of drug-likeness (QED) is 0.630. The first kappa shape index (κ1) is 19.7. The number of nitriles is 2. The third-order valence-electron chi connectivity index (χ3n) is 5.53. The van der Waals surface area contributed by atoms with E-state index >= 15 is 0 Å². The van der Waals surface area contributed by atoms with Crippen LogP contribution < -0.4 is 10.1 Å². The van der Waals surface area contributed by atoms with Gasteiger partial charge < -0.3 is 9.64 Å². The summed E-state index contributed by atoms with van der Waals surface area (Å²) >= 11 is 0. The number of carbonyl (C=O) groups is 1. The SMILES string of the molecule is C#C[C@H]1CC[C@@H](C#N)N1C(=O)CNC1(Oc2ccc(C#N)cc2)CCCCC1. The van der Waals surface area contributed by atoms with Gasteiger partial charge in [-0.1, -0.05) is 12.3 Å². The van der Waals surface area contributed by atoms with E-state index in [9.17, 15) is 10.1 Å². The molecule has 0 aromatic heterocycles. The molecule has 0 radical (unpaired) electrons. The topological polar surface area (TPSA) is 89.2 Å². The van der Waals surface area contributed by atoms with Crippen LogP contribution in [-0.2, 0) is 4.79 Å². The van der Waals surface area contributed by atoms with Crippen molar-refractivity contribution in [3.8, 4) is 30.2 Å². The Morgan fingerprint density at radius 2 is 1.86 bits per heavy atom. The maximum atomic E-state index is 12.8. The summed E-state index contributed by atoms with van der Waals surface area (Å²) in [5, 5.41) is 21.6. The largest absolute Gasteiger partial charge is 0.473 e. The molecule has 1 heterocycles. The van der Waals surface area contributed by atoms with Gasteiger partial charge in [-0.2, -0.15) is 10.5 Å². The number of hydrogen-bond acceptors (Lipinski definition) is 5. The summed E-state index contributed by atoms with van der Waals surface area (Å²) in [6, 6.07) is 10.5. The highest BCUT2D eigenvalue weighted by molar-refractivity contribution is 5.80. The van der Waals surface area contributed by atoms with Crippen molar-refractivity contribution in [3.05, 3.63) is 29.8 Å². The van der Waals surface area contributed by atoms with Gasteiger partial charge in [0.1, 0.15) is 11.8 Å². The molecule has 2 fully saturated rings. The lowest BCUT2D eigenvalue weighted by molar-refractivity contribution is -0.133. The van der Waals surface area contributed by atoms with Crippen molar-refractivity contribution in [3.63, 3.8) is 0 Å². The van der Waals surface area contributed by atoms with Crippen molar-refractivity contribution < 1.29 is 9.53 Å². The molecule has 0 unspecified atom stereocenters. The van der Waals surface area contributed by atoms with Crippen LogP contribution in [0.5, 0.6) is 5.75 Å². The molecule has 1 aromatic rings. The minimum absolute atomic E-state index is 0.0760. The van der Waals surface area contributed by atoms with Crippen LogP contribution in [-0.4, -0.2) is 35.2 Å². The van der Waals surface area contributed by atoms with Crippen molar-refractivity contribution in [2.45, 2.75) is 62.8 Å². The maximum absolute atomic E-state index is 12.8. The van der Waals surface area contributed by atoms with Gasteiger partial charge in [0.25, 0.3) is 0 Å². The molecule has 6 nitrogen and oxygen atoms in total. The molecule has 1 amide bonds. The number of ether oxygens (including phenoxy) is 1. The van der Waals surface area contributed by atoms with Crippen LogP contribution in [0.3, 0.4) is 0 Å². The summed E-state index contributed by atoms with van der Waals surface area (Å²) in [7, 11) is 0. The summed E-state index contributed by atoms with van der Waals surface area (Å²) < 4.78 is 6.27. The zero-order valence-corrected chi connectivity index (χ0v) is 15.9. The van der Waals surface area contributed by atoms with Crippen LogP contribution in [0, 0.1) is 35.0 Å². The van der Waals surface area contributed by atoms with Crippen molar-refractivity contribution in [1.29, 1.82) is 10.5 Å². The predicted molar refractivity (Wildman–Crippen MR) is 104 cm³/mol. The zero-order valence-electron chi connectivity index (χ0n) is 15.9. The Morgan fingerprint density at radius 3 is 2.46 bits per heavy atom. The van der Waals surface area contributed by atoms with Gasteiger partial charge >= 0.3 is 0 Å². The number of carbonyl (C=O) groups excluding carboxylic acids is 1. The minimum atomic E-state index is -0.629. The number of amides is 1. The maximum Gasteiger partial charge on any atom is 0.238 e. The molecule has 2 atom stereocenters. The summed E-state index contributed by atoms with van der Waals surface area (Å²) in [5.74, 6) is 3.12. The molecule has 3 rings (SSSR count). The smallest absolute Gasteiger partial charge is 0.238 e. The van der Waals surface area contributed by atoms with Crippen LogP contribution in [0.4, 0.5) is 0 Å². The molecule has 1 saturated carbocycles. The second-order valence-electron chi connectivity index (χ2n) is 7.35. The third kappa shape index (κ3) is 4.28. The van der Waals surface area contributed by atoms with Gasteiger partial charge in [-0.3, -0.25) is 10.1 Å². The van der Waals surface area contributed by atoms with E-state index < -0.39 is 11.8 Å². The molecule has 28 heavy (non-hydrogen) atoms. The number of terminal acetylenes is 1. The van der Waals surface area contributed by atoms with Crippen LogP contribution >= 0.6 is 0 Å². The summed E-state index contributed by atoms with van der Waals surface area (Å²) in [5.41, 5.74) is -0.0552. The summed E-state index contributed by atoms with van der Waals surface area (Å²) in [6.07, 6.45) is 11.6. The van der Waals surface area contributed by atoms with E-state index in [0.717, 1.165) is 32.1 Å². The molecule has 2 aliphatic rings. The molecule has 1 aliphatic heterocycles. The first-order valence-corrected chi connectivity index (χ1v) is 9.72. The Kier molecular flexibility index (Phi) is 6.19. The molecule has 1 aliphatic carbocycles. The average molecular weight is 376 g/mol. The molecule has 1 N–H and O–H groups in total. The lowest BCUT2D eigenvalue weighted by atomic mass is 9.91. The van der Waals surface area contributed by atoms with E-state index in [0.29, 0.717) is 24.2 Å². The lowest BCUT2D eigenvalue weighted by Crippen LogP contribution is -2.55. The minimum Gasteiger partial charge on any atom is -0.473 e. The number of rotatable bonds is 5. The number of benzene rings is 1. The Balaban J connectivity index is 1.70. The highest BCUT2D eigenvalue weighted by atomic mass is 16.5. The first-order chi connectivity index (χ1) is 13.6. The number of hydrogen-bond donors (Lipinski definition) is 1. The standard InChI is InChI=1S/C22H24N4O2/c1-2-18-8-9-19(15-24)26(18)21(27)16-25-22(12-4-3-5-13-22)28-20-10-6-17(14-23)7-11-20/h1,6-7,10-11,18-19,25H,3-5,8-9,12-13,16H2/t18-,19-/m0/s1. The van der Waals surface area contributed by atoms with Crippen LogP contribution in [0.2, 0.25) is 0 Å². The van der Waals surface area contributed by atoms with E-state index in [1.807, 2.05) is 0 Å². The Hall–Kier alpha value is -3.01. The normalized spacial score (nSPS) is 23.2. The van der Waals surface area contributed by atoms with Gasteiger partial charge in [0.2, 0.25) is 5.91 Å². The Labute approximate surface area is 166 Å². The second kappa shape index (κ2) is 8.79. The van der Waals surface area contributed by atoms with Crippen LogP contribution in [0.15, 0.2) is 24.3 Å². The molecule has 0 spiro atoms. The molecular weight excluding hydrogens is 352 g/mol. The fraction of sp³-hybridized carbons (Fsp3) is 0.500. The number of likely N-dealkylation sites (tertiary alicyclic amines) is 1. The van der Waals surface area contributed by atoms with Crippen LogP contribution in [0.25, 0.3) is 0 Å². The highest BCUT2D eigenvalue weighted by Gasteiger charge is 2.39. The van der Waals surface area contributed by atoms with Gasteiger partial charge in [0.15, 0.2) is 5.72 Å². The molecule has 6 heteroatoms. The van der Waals surface area contributed by atoms with E-state index in [1.54, 1.807) is 24.3 Å². The summed E-state index contributed by atoms with van der Waals surface area (Å²) in [6.45, 7) is 0.0760. The van der Waals surface area contributed by atoms with Gasteiger partial charge in [0, 0.05) is 12.8 Å². The average Bonchev–Trinajstić information content (AvgIpc) is 3.16. The molecule has 1 saturated heterocycles. The van der Waals surface area contributed by atoms with Crippen LogP contribution in [0.1, 0.15) is 50.5 Å². The molecule has 1 aromatic carbocycles. The molecular formula is C22H24N4O2. The van der Waals surface area contributed by atoms with Crippen molar-refractivity contribution in [1.82, 2.24) is 10.2 Å². The zero-order chi connectivity index (χ0) is 20.0.